The van der Waals surface area contributed by atoms with Gasteiger partial charge in [0.15, 0.2) is 5.96 Å². The summed E-state index contributed by atoms with van der Waals surface area (Å²) in [6.07, 6.45) is 0.475. The first-order valence-electron chi connectivity index (χ1n) is 11.9. The number of nitrogens with one attached hydrogen (secondary N) is 2. The van der Waals surface area contributed by atoms with Gasteiger partial charge in [0.1, 0.15) is 0 Å². The summed E-state index contributed by atoms with van der Waals surface area (Å²) in [4.78, 5) is 23.8. The smallest absolute Gasteiger partial charge is 0.224 e. The molecule has 8 nitrogen and oxygen atoms in total. The standard InChI is InChI=1S/C24H40N6O2/c1-20(2)22(29-15-17-32-18-16-29)19-27-24(25-3)26-10-9-23(31)30-13-11-28(12-14-30)21-7-5-4-6-8-21/h4-8,20,22H,9-19H2,1-3H3,(H2,25,26,27). The van der Waals surface area contributed by atoms with Crippen LogP contribution in [0.4, 0.5) is 5.69 Å². The Labute approximate surface area is 193 Å². The number of carbonyl (C=O) groups excluding carboxylic acids is 1. The molecule has 2 heterocycles. The van der Waals surface area contributed by atoms with E-state index in [2.05, 4.69) is 63.5 Å². The molecule has 32 heavy (non-hydrogen) atoms. The van der Waals surface area contributed by atoms with Crippen molar-refractivity contribution >= 4 is 17.6 Å². The van der Waals surface area contributed by atoms with E-state index in [1.807, 2.05) is 11.0 Å². The van der Waals surface area contributed by atoms with E-state index in [-0.39, 0.29) is 5.91 Å². The first-order valence-corrected chi connectivity index (χ1v) is 11.9. The number of morpholine rings is 1. The molecule has 0 spiro atoms. The molecule has 2 aliphatic heterocycles. The third-order valence-corrected chi connectivity index (χ3v) is 6.37. The Hall–Kier alpha value is -2.32. The lowest BCUT2D eigenvalue weighted by Gasteiger charge is -2.37. The number of aliphatic imine (C=N–C) groups is 1. The van der Waals surface area contributed by atoms with Gasteiger partial charge in [-0.05, 0) is 18.1 Å². The molecule has 2 fully saturated rings. The minimum Gasteiger partial charge on any atom is -0.379 e. The monoisotopic (exact) mass is 444 g/mol. The van der Waals surface area contributed by atoms with Crippen molar-refractivity contribution in [1.82, 2.24) is 20.4 Å². The molecule has 8 heteroatoms. The zero-order valence-electron chi connectivity index (χ0n) is 19.9. The van der Waals surface area contributed by atoms with E-state index in [1.54, 1.807) is 7.05 Å². The Bertz CT molecular complexity index is 712. The van der Waals surface area contributed by atoms with Crippen LogP contribution in [0.5, 0.6) is 0 Å². The van der Waals surface area contributed by atoms with Crippen LogP contribution < -0.4 is 15.5 Å². The van der Waals surface area contributed by atoms with Gasteiger partial charge in [-0.15, -0.1) is 0 Å². The SMILES string of the molecule is CN=C(NCCC(=O)N1CCN(c2ccccc2)CC1)NCC(C(C)C)N1CCOCC1. The summed E-state index contributed by atoms with van der Waals surface area (Å²) < 4.78 is 5.49. The molecule has 0 bridgehead atoms. The molecule has 1 amide bonds. The number of piperazine rings is 1. The normalized spacial score (nSPS) is 19.2. The quantitative estimate of drug-likeness (QED) is 0.465. The molecule has 2 N–H and O–H groups in total. The van der Waals surface area contributed by atoms with Gasteiger partial charge in [0.05, 0.1) is 13.2 Å². The zero-order chi connectivity index (χ0) is 22.8. The molecule has 1 atom stereocenters. The first-order chi connectivity index (χ1) is 15.6. The average Bonchev–Trinajstić information content (AvgIpc) is 2.84. The summed E-state index contributed by atoms with van der Waals surface area (Å²) in [7, 11) is 1.78. The summed E-state index contributed by atoms with van der Waals surface area (Å²) >= 11 is 0. The fourth-order valence-corrected chi connectivity index (χ4v) is 4.42. The average molecular weight is 445 g/mol. The third kappa shape index (κ3) is 7.10. The van der Waals surface area contributed by atoms with E-state index in [0.717, 1.165) is 65.0 Å². The Kier molecular flexibility index (Phi) is 9.62. The summed E-state index contributed by atoms with van der Waals surface area (Å²) in [6.45, 7) is 12.8. The van der Waals surface area contributed by atoms with Crippen molar-refractivity contribution in [3.63, 3.8) is 0 Å². The number of carbonyl (C=O) groups is 1. The van der Waals surface area contributed by atoms with Crippen molar-refractivity contribution in [2.24, 2.45) is 10.9 Å². The maximum atomic E-state index is 12.7. The lowest BCUT2D eigenvalue weighted by atomic mass is 10.0. The van der Waals surface area contributed by atoms with Crippen molar-refractivity contribution in [2.75, 3.05) is 77.5 Å². The fourth-order valence-electron chi connectivity index (χ4n) is 4.42. The predicted octanol–water partition coefficient (Wildman–Crippen LogP) is 1.25. The molecule has 178 valence electrons. The molecule has 1 aromatic rings. The van der Waals surface area contributed by atoms with Gasteiger partial charge in [-0.3, -0.25) is 14.7 Å². The number of hydrogen-bond donors (Lipinski definition) is 2. The highest BCUT2D eigenvalue weighted by atomic mass is 16.5. The lowest BCUT2D eigenvalue weighted by Crippen LogP contribution is -2.53. The Morgan fingerprint density at radius 1 is 1.03 bits per heavy atom. The molecule has 0 radical (unpaired) electrons. The van der Waals surface area contributed by atoms with Crippen LogP contribution in [-0.4, -0.2) is 100 Å². The number of guanidine groups is 1. The first kappa shape index (κ1) is 24.3. The maximum Gasteiger partial charge on any atom is 0.224 e. The van der Waals surface area contributed by atoms with Gasteiger partial charge in [-0.1, -0.05) is 32.0 Å². The topological polar surface area (TPSA) is 72.4 Å². The number of amides is 1. The Morgan fingerprint density at radius 3 is 2.34 bits per heavy atom. The van der Waals surface area contributed by atoms with Crippen LogP contribution in [0.25, 0.3) is 0 Å². The van der Waals surface area contributed by atoms with Gasteiger partial charge in [-0.25, -0.2) is 0 Å². The van der Waals surface area contributed by atoms with Crippen LogP contribution in [0.1, 0.15) is 20.3 Å². The molecule has 2 aliphatic rings. The largest absolute Gasteiger partial charge is 0.379 e. The van der Waals surface area contributed by atoms with Crippen molar-refractivity contribution in [1.29, 1.82) is 0 Å². The van der Waals surface area contributed by atoms with E-state index in [0.29, 0.717) is 24.9 Å². The van der Waals surface area contributed by atoms with E-state index < -0.39 is 0 Å². The molecular formula is C24H40N6O2. The number of hydrogen-bond acceptors (Lipinski definition) is 5. The molecule has 0 aromatic heterocycles. The minimum atomic E-state index is 0.203. The highest BCUT2D eigenvalue weighted by Crippen LogP contribution is 2.16. The van der Waals surface area contributed by atoms with Gasteiger partial charge < -0.3 is 25.2 Å². The van der Waals surface area contributed by atoms with E-state index >= 15 is 0 Å². The van der Waals surface area contributed by atoms with Crippen LogP contribution in [0.15, 0.2) is 35.3 Å². The highest BCUT2D eigenvalue weighted by molar-refractivity contribution is 5.81. The minimum absolute atomic E-state index is 0.203. The lowest BCUT2D eigenvalue weighted by molar-refractivity contribution is -0.131. The van der Waals surface area contributed by atoms with E-state index in [1.165, 1.54) is 5.69 Å². The predicted molar refractivity (Wildman–Crippen MR) is 130 cm³/mol. The molecule has 0 aliphatic carbocycles. The zero-order valence-corrected chi connectivity index (χ0v) is 19.9. The van der Waals surface area contributed by atoms with Gasteiger partial charge in [0.2, 0.25) is 5.91 Å². The van der Waals surface area contributed by atoms with Gasteiger partial charge in [-0.2, -0.15) is 0 Å². The van der Waals surface area contributed by atoms with Crippen LogP contribution in [0, 0.1) is 5.92 Å². The number of anilines is 1. The second kappa shape index (κ2) is 12.6. The highest BCUT2D eigenvalue weighted by Gasteiger charge is 2.24. The number of benzene rings is 1. The van der Waals surface area contributed by atoms with Crippen molar-refractivity contribution in [3.05, 3.63) is 30.3 Å². The molecular weight excluding hydrogens is 404 g/mol. The van der Waals surface area contributed by atoms with Crippen LogP contribution in [0.2, 0.25) is 0 Å². The van der Waals surface area contributed by atoms with E-state index in [4.69, 9.17) is 4.74 Å². The van der Waals surface area contributed by atoms with Crippen molar-refractivity contribution < 1.29 is 9.53 Å². The molecule has 3 rings (SSSR count). The maximum absolute atomic E-state index is 12.7. The molecule has 1 unspecified atom stereocenters. The second-order valence-corrected chi connectivity index (χ2v) is 8.79. The summed E-state index contributed by atoms with van der Waals surface area (Å²) in [5.41, 5.74) is 1.23. The molecule has 1 aromatic carbocycles. The number of nitrogens with zero attached hydrogens (tertiary/aromatic N) is 4. The molecule has 0 saturated carbocycles. The van der Waals surface area contributed by atoms with Crippen LogP contribution in [0.3, 0.4) is 0 Å². The van der Waals surface area contributed by atoms with Crippen LogP contribution in [-0.2, 0) is 9.53 Å². The fraction of sp³-hybridized carbons (Fsp3) is 0.667. The Balaban J connectivity index is 1.36. The van der Waals surface area contributed by atoms with Gasteiger partial charge in [0, 0.05) is 77.6 Å². The summed E-state index contributed by atoms with van der Waals surface area (Å²) in [5.74, 6) is 1.49. The Morgan fingerprint density at radius 2 is 1.72 bits per heavy atom. The van der Waals surface area contributed by atoms with Gasteiger partial charge in [0.25, 0.3) is 0 Å². The van der Waals surface area contributed by atoms with Crippen LogP contribution >= 0.6 is 0 Å². The summed E-state index contributed by atoms with van der Waals surface area (Å²) in [5, 5.41) is 6.76. The number of rotatable bonds is 8. The number of ether oxygens (including phenoxy) is 1. The van der Waals surface area contributed by atoms with Crippen molar-refractivity contribution in [2.45, 2.75) is 26.3 Å². The van der Waals surface area contributed by atoms with Gasteiger partial charge >= 0.3 is 0 Å². The summed E-state index contributed by atoms with van der Waals surface area (Å²) in [6, 6.07) is 10.8. The molecule has 2 saturated heterocycles. The van der Waals surface area contributed by atoms with E-state index in [9.17, 15) is 4.79 Å². The third-order valence-electron chi connectivity index (χ3n) is 6.37. The second-order valence-electron chi connectivity index (χ2n) is 8.79. The van der Waals surface area contributed by atoms with Crippen molar-refractivity contribution in [3.8, 4) is 0 Å². The number of para-hydroxylation sites is 1.